The zero-order valence-corrected chi connectivity index (χ0v) is 17.0. The first kappa shape index (κ1) is 23.2. The van der Waals surface area contributed by atoms with Crippen LogP contribution in [0.3, 0.4) is 0 Å². The second-order valence-electron chi connectivity index (χ2n) is 6.90. The van der Waals surface area contributed by atoms with Crippen LogP contribution in [0, 0.1) is 0 Å². The molecule has 2 atom stereocenters. The smallest absolute Gasteiger partial charge is 0.320 e. The van der Waals surface area contributed by atoms with Crippen LogP contribution in [-0.2, 0) is 10.7 Å². The second kappa shape index (κ2) is 10.6. The number of benzene rings is 1. The standard InChI is InChI=1S/C20H26F2N2O4S/c1-23-13-16(24(19(23)28)11-5-6-12-29-14-18(26)27)9-10-17(25)20(21,22)15-7-3-2-4-8-15/h2-4,7-10,16-17,25H,5-6,11-14H2,1H3,(H,26,27)/b10-9+/t16-,17?/m0/s1. The Hall–Kier alpha value is -2.13. The van der Waals surface area contributed by atoms with Crippen LogP contribution in [0.25, 0.3) is 0 Å². The van der Waals surface area contributed by atoms with Crippen LogP contribution in [0.15, 0.2) is 42.5 Å². The maximum Gasteiger partial charge on any atom is 0.320 e. The number of alkyl halides is 2. The summed E-state index contributed by atoms with van der Waals surface area (Å²) in [6.45, 7) is 0.795. The number of nitrogens with zero attached hydrogens (tertiary/aromatic N) is 2. The van der Waals surface area contributed by atoms with E-state index in [4.69, 9.17) is 5.11 Å². The van der Waals surface area contributed by atoms with Gasteiger partial charge in [0.15, 0.2) is 0 Å². The SMILES string of the molecule is CN1C[C@H](/C=C/C(O)C(F)(F)c2ccccc2)N(CCCCSCC(=O)O)C1=O. The number of aliphatic carboxylic acids is 1. The number of aliphatic hydroxyl groups is 1. The first-order valence-corrected chi connectivity index (χ1v) is 10.5. The van der Waals surface area contributed by atoms with Crippen molar-refractivity contribution in [1.29, 1.82) is 0 Å². The Morgan fingerprint density at radius 2 is 2.03 bits per heavy atom. The third kappa shape index (κ3) is 6.43. The average molecular weight is 429 g/mol. The van der Waals surface area contributed by atoms with Gasteiger partial charge in [-0.2, -0.15) is 20.5 Å². The number of hydrogen-bond acceptors (Lipinski definition) is 4. The van der Waals surface area contributed by atoms with Gasteiger partial charge in [-0.1, -0.05) is 42.5 Å². The van der Waals surface area contributed by atoms with Crippen molar-refractivity contribution >= 4 is 23.8 Å². The number of aliphatic hydroxyl groups excluding tert-OH is 1. The van der Waals surface area contributed by atoms with E-state index in [0.29, 0.717) is 25.3 Å². The van der Waals surface area contributed by atoms with Gasteiger partial charge < -0.3 is 20.0 Å². The van der Waals surface area contributed by atoms with E-state index in [1.807, 2.05) is 0 Å². The van der Waals surface area contributed by atoms with Crippen molar-refractivity contribution in [2.75, 3.05) is 31.6 Å². The quantitative estimate of drug-likeness (QED) is 0.418. The maximum absolute atomic E-state index is 14.4. The topological polar surface area (TPSA) is 81.1 Å². The minimum atomic E-state index is -3.43. The normalized spacial score (nSPS) is 18.6. The molecule has 6 nitrogen and oxygen atoms in total. The molecule has 1 saturated heterocycles. The molecule has 1 aromatic carbocycles. The van der Waals surface area contributed by atoms with Gasteiger partial charge in [-0.05, 0) is 18.6 Å². The van der Waals surface area contributed by atoms with Gasteiger partial charge >= 0.3 is 17.9 Å². The minimum absolute atomic E-state index is 0.0459. The number of thioether (sulfide) groups is 1. The summed E-state index contributed by atoms with van der Waals surface area (Å²) in [5.74, 6) is -3.57. The Labute approximate surface area is 173 Å². The molecule has 1 unspecified atom stereocenters. The summed E-state index contributed by atoms with van der Waals surface area (Å²) in [6, 6.07) is 6.53. The largest absolute Gasteiger partial charge is 0.481 e. The number of carboxylic acids is 1. The molecule has 1 aromatic rings. The highest BCUT2D eigenvalue weighted by Gasteiger charge is 2.39. The van der Waals surface area contributed by atoms with E-state index < -0.39 is 24.0 Å². The number of rotatable bonds is 11. The summed E-state index contributed by atoms with van der Waals surface area (Å²) in [5, 5.41) is 18.6. The van der Waals surface area contributed by atoms with Crippen molar-refractivity contribution in [3.05, 3.63) is 48.0 Å². The van der Waals surface area contributed by atoms with Crippen LogP contribution >= 0.6 is 11.8 Å². The van der Waals surface area contributed by atoms with Crippen molar-refractivity contribution < 1.29 is 28.6 Å². The van der Waals surface area contributed by atoms with Crippen LogP contribution in [0.5, 0.6) is 0 Å². The molecule has 1 heterocycles. The molecule has 1 aliphatic rings. The molecular weight excluding hydrogens is 402 g/mol. The summed E-state index contributed by atoms with van der Waals surface area (Å²) < 4.78 is 28.8. The molecule has 0 bridgehead atoms. The first-order chi connectivity index (χ1) is 13.7. The molecule has 2 amide bonds. The highest BCUT2D eigenvalue weighted by atomic mass is 32.2. The molecule has 1 aliphatic heterocycles. The van der Waals surface area contributed by atoms with Gasteiger partial charge in [-0.15, -0.1) is 0 Å². The Balaban J connectivity index is 1.92. The van der Waals surface area contributed by atoms with E-state index in [1.54, 1.807) is 18.0 Å². The lowest BCUT2D eigenvalue weighted by molar-refractivity contribution is -0.133. The van der Waals surface area contributed by atoms with E-state index in [2.05, 4.69) is 0 Å². The molecule has 0 aromatic heterocycles. The predicted octanol–water partition coefficient (Wildman–Crippen LogP) is 3.03. The number of carbonyl (C=O) groups excluding carboxylic acids is 1. The fourth-order valence-corrected chi connectivity index (χ4v) is 3.80. The lowest BCUT2D eigenvalue weighted by atomic mass is 10.0. The van der Waals surface area contributed by atoms with E-state index in [9.17, 15) is 23.5 Å². The zero-order chi connectivity index (χ0) is 21.4. The number of unbranched alkanes of at least 4 members (excludes halogenated alkanes) is 1. The number of hydrogen-bond donors (Lipinski definition) is 2. The maximum atomic E-state index is 14.4. The fourth-order valence-electron chi connectivity index (χ4n) is 3.08. The third-order valence-corrected chi connectivity index (χ3v) is 5.67. The highest BCUT2D eigenvalue weighted by molar-refractivity contribution is 7.99. The van der Waals surface area contributed by atoms with Gasteiger partial charge in [0.2, 0.25) is 0 Å². The van der Waals surface area contributed by atoms with Crippen molar-refractivity contribution in [3.8, 4) is 0 Å². The Kier molecular flexibility index (Phi) is 8.45. The van der Waals surface area contributed by atoms with Gasteiger partial charge in [0, 0.05) is 25.7 Å². The molecule has 2 N–H and O–H groups in total. The summed E-state index contributed by atoms with van der Waals surface area (Å²) in [7, 11) is 1.64. The molecule has 29 heavy (non-hydrogen) atoms. The molecule has 1 fully saturated rings. The molecule has 160 valence electrons. The average Bonchev–Trinajstić information content (AvgIpc) is 2.96. The first-order valence-electron chi connectivity index (χ1n) is 9.34. The minimum Gasteiger partial charge on any atom is -0.481 e. The van der Waals surface area contributed by atoms with Gasteiger partial charge in [0.25, 0.3) is 0 Å². The van der Waals surface area contributed by atoms with Gasteiger partial charge in [0.1, 0.15) is 6.10 Å². The Morgan fingerprint density at radius 3 is 2.69 bits per heavy atom. The van der Waals surface area contributed by atoms with Crippen LogP contribution < -0.4 is 0 Å². The Morgan fingerprint density at radius 1 is 1.34 bits per heavy atom. The van der Waals surface area contributed by atoms with Crippen LogP contribution in [0.4, 0.5) is 13.6 Å². The molecule has 0 spiro atoms. The van der Waals surface area contributed by atoms with E-state index in [-0.39, 0.29) is 17.3 Å². The lowest BCUT2D eigenvalue weighted by Crippen LogP contribution is -2.35. The van der Waals surface area contributed by atoms with Crippen molar-refractivity contribution in [2.45, 2.75) is 30.9 Å². The molecule has 0 aliphatic carbocycles. The molecule has 0 radical (unpaired) electrons. The number of carboxylic acid groups (broad SMARTS) is 1. The highest BCUT2D eigenvalue weighted by Crippen LogP contribution is 2.32. The zero-order valence-electron chi connectivity index (χ0n) is 16.2. The van der Waals surface area contributed by atoms with Gasteiger partial charge in [0.05, 0.1) is 11.8 Å². The third-order valence-electron chi connectivity index (χ3n) is 4.64. The van der Waals surface area contributed by atoms with Crippen molar-refractivity contribution in [1.82, 2.24) is 9.80 Å². The molecule has 2 rings (SSSR count). The monoisotopic (exact) mass is 428 g/mol. The molecule has 9 heteroatoms. The summed E-state index contributed by atoms with van der Waals surface area (Å²) >= 11 is 1.32. The van der Waals surface area contributed by atoms with Crippen molar-refractivity contribution in [2.24, 2.45) is 0 Å². The van der Waals surface area contributed by atoms with E-state index in [0.717, 1.165) is 12.5 Å². The van der Waals surface area contributed by atoms with Gasteiger partial charge in [-0.25, -0.2) is 4.79 Å². The number of likely N-dealkylation sites (N-methyl/N-ethyl adjacent to an activating group) is 1. The van der Waals surface area contributed by atoms with Crippen LogP contribution in [0.1, 0.15) is 18.4 Å². The summed E-state index contributed by atoms with van der Waals surface area (Å²) in [5.41, 5.74) is -0.271. The van der Waals surface area contributed by atoms with Crippen LogP contribution in [0.2, 0.25) is 0 Å². The number of amides is 2. The van der Waals surface area contributed by atoms with E-state index >= 15 is 0 Å². The molecule has 0 saturated carbocycles. The second-order valence-corrected chi connectivity index (χ2v) is 8.00. The number of carbonyl (C=O) groups is 2. The lowest BCUT2D eigenvalue weighted by Gasteiger charge is -2.23. The van der Waals surface area contributed by atoms with Crippen molar-refractivity contribution in [3.63, 3.8) is 0 Å². The predicted molar refractivity (Wildman–Crippen MR) is 108 cm³/mol. The van der Waals surface area contributed by atoms with E-state index in [1.165, 1.54) is 47.0 Å². The van der Waals surface area contributed by atoms with Gasteiger partial charge in [-0.3, -0.25) is 4.79 Å². The number of halogens is 2. The summed E-state index contributed by atoms with van der Waals surface area (Å²) in [4.78, 5) is 25.9. The van der Waals surface area contributed by atoms with Crippen LogP contribution in [-0.4, -0.2) is 75.8 Å². The fraction of sp³-hybridized carbons (Fsp3) is 0.500. The molecular formula is C20H26F2N2O4S. The Bertz CT molecular complexity index is 718. The summed E-state index contributed by atoms with van der Waals surface area (Å²) in [6.07, 6.45) is 1.94. The number of urea groups is 1.